The van der Waals surface area contributed by atoms with Crippen molar-refractivity contribution in [1.29, 1.82) is 0 Å². The number of hydrazine groups is 1. The Bertz CT molecular complexity index is 506. The Morgan fingerprint density at radius 2 is 1.82 bits per heavy atom. The molecule has 0 aliphatic carbocycles. The first-order chi connectivity index (χ1) is 12.8. The second-order valence-electron chi connectivity index (χ2n) is 9.15. The van der Waals surface area contributed by atoms with Crippen LogP contribution in [-0.2, 0) is 0 Å². The number of hydrogen-bond donors (Lipinski definition) is 3. The fourth-order valence-corrected chi connectivity index (χ4v) is 3.66. The Kier molecular flexibility index (Phi) is 11.1. The van der Waals surface area contributed by atoms with Gasteiger partial charge in [-0.25, -0.2) is 9.80 Å². The minimum absolute atomic E-state index is 0. The van der Waals surface area contributed by atoms with Crippen LogP contribution in [0.4, 0.5) is 4.79 Å². The van der Waals surface area contributed by atoms with Crippen molar-refractivity contribution in [3.8, 4) is 0 Å². The van der Waals surface area contributed by atoms with Gasteiger partial charge in [0.1, 0.15) is 12.7 Å². The van der Waals surface area contributed by atoms with Crippen LogP contribution in [0.15, 0.2) is 11.9 Å². The minimum Gasteiger partial charge on any atom is -1.00 e. The molecule has 2 atom stereocenters. The number of carbonyl (C=O) groups is 1. The van der Waals surface area contributed by atoms with Crippen molar-refractivity contribution in [1.82, 2.24) is 20.8 Å². The van der Waals surface area contributed by atoms with E-state index in [0.717, 1.165) is 45.4 Å². The predicted octanol–water partition coefficient (Wildman–Crippen LogP) is -0.338. The van der Waals surface area contributed by atoms with Crippen molar-refractivity contribution < 1.29 is 33.8 Å². The van der Waals surface area contributed by atoms with Gasteiger partial charge < -0.3 is 34.2 Å². The van der Waals surface area contributed by atoms with Crippen molar-refractivity contribution in [2.45, 2.75) is 85.6 Å². The summed E-state index contributed by atoms with van der Waals surface area (Å²) in [5.74, 6) is 0. The van der Waals surface area contributed by atoms with Crippen LogP contribution in [0.5, 0.6) is 0 Å². The molecule has 28 heavy (non-hydrogen) atoms. The summed E-state index contributed by atoms with van der Waals surface area (Å²) in [5.41, 5.74) is 5.15. The molecule has 0 aromatic rings. The SMILES string of the molecule is CCCCN1N[NH+](CCCC)C=C1CCCCN1C[C@H](C(C)(C)C)NC1=O.[I-]. The summed E-state index contributed by atoms with van der Waals surface area (Å²) < 4.78 is 0. The largest absolute Gasteiger partial charge is 1.00 e. The number of carbonyl (C=O) groups excluding carboxylic acids is 1. The van der Waals surface area contributed by atoms with Crippen molar-refractivity contribution in [2.75, 3.05) is 26.2 Å². The first-order valence-corrected chi connectivity index (χ1v) is 11.0. The third kappa shape index (κ3) is 7.71. The highest BCUT2D eigenvalue weighted by molar-refractivity contribution is 5.77. The standard InChI is InChI=1S/C21H41N5O.HI/c1-6-8-14-25-16-18(26(23-25)15-9-7-2)12-10-11-13-24-17-19(21(3,4)5)22-20(24)27;/h16,19,23H,6-15,17H2,1-5H3,(H,22,27);1H/t19-;/m1./s1. The molecular weight excluding hydrogens is 465 g/mol. The van der Waals surface area contributed by atoms with E-state index in [2.05, 4.69) is 56.7 Å². The third-order valence-electron chi connectivity index (χ3n) is 5.65. The molecule has 0 radical (unpaired) electrons. The number of quaternary nitrogens is 1. The van der Waals surface area contributed by atoms with Crippen LogP contribution < -0.4 is 39.8 Å². The Balaban J connectivity index is 0.00000392. The van der Waals surface area contributed by atoms with Gasteiger partial charge in [-0.1, -0.05) is 53.0 Å². The molecular formula is C21H42IN5O. The Morgan fingerprint density at radius 3 is 2.43 bits per heavy atom. The van der Waals surface area contributed by atoms with Gasteiger partial charge in [0.25, 0.3) is 0 Å². The lowest BCUT2D eigenvalue weighted by Gasteiger charge is -2.26. The average Bonchev–Trinajstić information content (AvgIpc) is 3.18. The molecule has 0 saturated carbocycles. The molecule has 164 valence electrons. The fourth-order valence-electron chi connectivity index (χ4n) is 3.66. The highest BCUT2D eigenvalue weighted by Crippen LogP contribution is 2.24. The molecule has 1 unspecified atom stereocenters. The topological polar surface area (TPSA) is 52.1 Å². The van der Waals surface area contributed by atoms with Gasteiger partial charge in [-0.3, -0.25) is 5.01 Å². The smallest absolute Gasteiger partial charge is 0.317 e. The lowest BCUT2D eigenvalue weighted by atomic mass is 9.87. The number of unbranched alkanes of at least 4 members (excludes halogenated alkanes) is 3. The van der Waals surface area contributed by atoms with Crippen LogP contribution in [0.2, 0.25) is 0 Å². The van der Waals surface area contributed by atoms with Gasteiger partial charge in [-0.2, -0.15) is 0 Å². The van der Waals surface area contributed by atoms with Gasteiger partial charge in [-0.05, 0) is 37.5 Å². The van der Waals surface area contributed by atoms with E-state index in [4.69, 9.17) is 0 Å². The zero-order valence-corrected chi connectivity index (χ0v) is 20.8. The number of rotatable bonds is 11. The lowest BCUT2D eigenvalue weighted by Crippen LogP contribution is -3.14. The summed E-state index contributed by atoms with van der Waals surface area (Å²) in [6.07, 6.45) is 10.6. The molecule has 0 aromatic carbocycles. The second-order valence-corrected chi connectivity index (χ2v) is 9.15. The summed E-state index contributed by atoms with van der Waals surface area (Å²) in [6.45, 7) is 15.0. The number of allylic oxidation sites excluding steroid dienone is 1. The van der Waals surface area contributed by atoms with E-state index in [1.807, 2.05) is 4.90 Å². The number of halogens is 1. The molecule has 2 amide bonds. The third-order valence-corrected chi connectivity index (χ3v) is 5.65. The molecule has 3 N–H and O–H groups in total. The Morgan fingerprint density at radius 1 is 1.11 bits per heavy atom. The molecule has 2 rings (SSSR count). The molecule has 2 aliphatic heterocycles. The first-order valence-electron chi connectivity index (χ1n) is 11.0. The number of nitrogens with one attached hydrogen (secondary N) is 3. The van der Waals surface area contributed by atoms with Crippen LogP contribution in [0.25, 0.3) is 0 Å². The maximum Gasteiger partial charge on any atom is 0.317 e. The molecule has 0 bridgehead atoms. The van der Waals surface area contributed by atoms with Crippen LogP contribution in [0.1, 0.15) is 79.6 Å². The molecule has 6 nitrogen and oxygen atoms in total. The lowest BCUT2D eigenvalue weighted by molar-refractivity contribution is -0.901. The monoisotopic (exact) mass is 507 g/mol. The van der Waals surface area contributed by atoms with Gasteiger partial charge in [0.05, 0.1) is 11.7 Å². The molecule has 2 aliphatic rings. The van der Waals surface area contributed by atoms with Gasteiger partial charge in [0.15, 0.2) is 0 Å². The first kappa shape index (κ1) is 25.5. The maximum atomic E-state index is 12.2. The van der Waals surface area contributed by atoms with E-state index in [-0.39, 0.29) is 41.5 Å². The highest BCUT2D eigenvalue weighted by Gasteiger charge is 2.35. The van der Waals surface area contributed by atoms with Crippen molar-refractivity contribution in [3.05, 3.63) is 11.9 Å². The van der Waals surface area contributed by atoms with E-state index >= 15 is 0 Å². The maximum absolute atomic E-state index is 12.2. The number of hydrogen-bond acceptors (Lipinski definition) is 3. The van der Waals surface area contributed by atoms with Gasteiger partial charge >= 0.3 is 6.03 Å². The van der Waals surface area contributed by atoms with Gasteiger partial charge in [0, 0.05) is 19.6 Å². The number of nitrogens with zero attached hydrogens (tertiary/aromatic N) is 2. The molecule has 0 spiro atoms. The van der Waals surface area contributed by atoms with Crippen molar-refractivity contribution in [3.63, 3.8) is 0 Å². The zero-order chi connectivity index (χ0) is 19.9. The van der Waals surface area contributed by atoms with E-state index in [1.165, 1.54) is 36.4 Å². The molecule has 1 saturated heterocycles. The van der Waals surface area contributed by atoms with E-state index < -0.39 is 0 Å². The summed E-state index contributed by atoms with van der Waals surface area (Å²) in [5, 5.41) is 6.86. The van der Waals surface area contributed by atoms with Crippen LogP contribution in [-0.4, -0.2) is 48.2 Å². The van der Waals surface area contributed by atoms with E-state index in [9.17, 15) is 4.79 Å². The Labute approximate surface area is 189 Å². The molecule has 2 heterocycles. The van der Waals surface area contributed by atoms with Crippen molar-refractivity contribution in [2.24, 2.45) is 5.41 Å². The summed E-state index contributed by atoms with van der Waals surface area (Å²) in [7, 11) is 0. The Hall–Kier alpha value is -0.540. The average molecular weight is 508 g/mol. The highest BCUT2D eigenvalue weighted by atomic mass is 127. The van der Waals surface area contributed by atoms with Crippen molar-refractivity contribution >= 4 is 6.03 Å². The minimum atomic E-state index is 0. The second kappa shape index (κ2) is 12.2. The normalized spacial score (nSPS) is 22.3. The van der Waals surface area contributed by atoms with Crippen LogP contribution in [0.3, 0.4) is 0 Å². The van der Waals surface area contributed by atoms with E-state index in [1.54, 1.807) is 0 Å². The predicted molar refractivity (Wildman–Crippen MR) is 111 cm³/mol. The molecule has 1 fully saturated rings. The quantitative estimate of drug-likeness (QED) is 0.265. The van der Waals surface area contributed by atoms with E-state index in [0.29, 0.717) is 0 Å². The van der Waals surface area contributed by atoms with Gasteiger partial charge in [0.2, 0.25) is 0 Å². The summed E-state index contributed by atoms with van der Waals surface area (Å²) in [6, 6.07) is 0.364. The van der Waals surface area contributed by atoms with Crippen LogP contribution >= 0.6 is 0 Å². The summed E-state index contributed by atoms with van der Waals surface area (Å²) >= 11 is 0. The molecule has 0 aromatic heterocycles. The zero-order valence-electron chi connectivity index (χ0n) is 18.6. The summed E-state index contributed by atoms with van der Waals surface area (Å²) in [4.78, 5) is 14.2. The van der Waals surface area contributed by atoms with Crippen LogP contribution in [0, 0.1) is 5.41 Å². The number of urea groups is 1. The van der Waals surface area contributed by atoms with Gasteiger partial charge in [-0.15, -0.1) is 0 Å². The fraction of sp³-hybridized carbons (Fsp3) is 0.857. The number of amides is 2. The molecule has 7 heteroatoms.